The molecule has 2 aromatic rings. The lowest BCUT2D eigenvalue weighted by atomic mass is 9.79. The third-order valence-corrected chi connectivity index (χ3v) is 2.81. The van der Waals surface area contributed by atoms with Gasteiger partial charge in [-0.2, -0.15) is 5.10 Å². The number of rotatable bonds is 1. The van der Waals surface area contributed by atoms with E-state index in [4.69, 9.17) is 5.73 Å². The van der Waals surface area contributed by atoms with Crippen LogP contribution in [-0.2, 0) is 0 Å². The van der Waals surface area contributed by atoms with Gasteiger partial charge in [0.25, 0.3) is 0 Å². The fourth-order valence-electron chi connectivity index (χ4n) is 1.98. The van der Waals surface area contributed by atoms with Gasteiger partial charge < -0.3 is 5.73 Å². The summed E-state index contributed by atoms with van der Waals surface area (Å²) in [6.07, 6.45) is 1.09. The minimum Gasteiger partial charge on any atom is -0.382 e. The van der Waals surface area contributed by atoms with E-state index in [0.717, 1.165) is 0 Å². The molecule has 5 nitrogen and oxygen atoms in total. The average molecular weight is 225 g/mol. The molecule has 7 heteroatoms. The van der Waals surface area contributed by atoms with Crippen LogP contribution < -0.4 is 5.73 Å². The van der Waals surface area contributed by atoms with Gasteiger partial charge in [-0.3, -0.25) is 5.10 Å². The van der Waals surface area contributed by atoms with Crippen molar-refractivity contribution in [1.82, 2.24) is 20.2 Å². The third-order valence-electron chi connectivity index (χ3n) is 2.81. The zero-order valence-electron chi connectivity index (χ0n) is 8.24. The molecule has 0 amide bonds. The Bertz CT molecular complexity index is 542. The lowest BCUT2D eigenvalue weighted by molar-refractivity contribution is -0.0873. The molecule has 0 atom stereocenters. The van der Waals surface area contributed by atoms with Gasteiger partial charge in [-0.15, -0.1) is 0 Å². The molecule has 1 saturated carbocycles. The van der Waals surface area contributed by atoms with Crippen molar-refractivity contribution < 1.29 is 8.78 Å². The number of alkyl halides is 2. The van der Waals surface area contributed by atoms with E-state index >= 15 is 0 Å². The van der Waals surface area contributed by atoms with Crippen LogP contribution in [0.4, 0.5) is 14.6 Å². The predicted octanol–water partition coefficient (Wildman–Crippen LogP) is 1.45. The van der Waals surface area contributed by atoms with Gasteiger partial charge in [0.1, 0.15) is 11.3 Å². The van der Waals surface area contributed by atoms with Crippen LogP contribution in [0, 0.1) is 0 Å². The maximum atomic E-state index is 12.8. The fourth-order valence-corrected chi connectivity index (χ4v) is 1.98. The van der Waals surface area contributed by atoms with Crippen LogP contribution in [0.1, 0.15) is 24.5 Å². The second-order valence-electron chi connectivity index (χ2n) is 4.07. The highest BCUT2D eigenvalue weighted by Gasteiger charge is 2.47. The van der Waals surface area contributed by atoms with Crippen LogP contribution in [0.3, 0.4) is 0 Å². The molecule has 3 rings (SSSR count). The Morgan fingerprint density at radius 3 is 2.88 bits per heavy atom. The molecule has 0 radical (unpaired) electrons. The smallest absolute Gasteiger partial charge is 0.249 e. The van der Waals surface area contributed by atoms with Gasteiger partial charge in [0, 0.05) is 18.8 Å². The molecule has 0 aromatic carbocycles. The topological polar surface area (TPSA) is 80.5 Å². The summed E-state index contributed by atoms with van der Waals surface area (Å²) in [5.74, 6) is -2.49. The maximum Gasteiger partial charge on any atom is 0.249 e. The SMILES string of the molecule is Nc1cnc2c(C3CC(F)(F)C3)[nH]nc2n1. The summed E-state index contributed by atoms with van der Waals surface area (Å²) in [6.45, 7) is 0. The van der Waals surface area contributed by atoms with Gasteiger partial charge in [-0.1, -0.05) is 0 Å². The van der Waals surface area contributed by atoms with Crippen molar-refractivity contribution in [2.45, 2.75) is 24.7 Å². The largest absolute Gasteiger partial charge is 0.382 e. The Kier molecular flexibility index (Phi) is 1.69. The summed E-state index contributed by atoms with van der Waals surface area (Å²) >= 11 is 0. The van der Waals surface area contributed by atoms with E-state index in [1.54, 1.807) is 0 Å². The number of aromatic amines is 1. The van der Waals surface area contributed by atoms with Crippen molar-refractivity contribution >= 4 is 17.0 Å². The third kappa shape index (κ3) is 1.31. The predicted molar refractivity (Wildman–Crippen MR) is 53.0 cm³/mol. The number of aromatic nitrogens is 4. The van der Waals surface area contributed by atoms with Crippen molar-refractivity contribution in [3.05, 3.63) is 11.9 Å². The zero-order valence-corrected chi connectivity index (χ0v) is 8.24. The van der Waals surface area contributed by atoms with Crippen molar-refractivity contribution in [3.8, 4) is 0 Å². The van der Waals surface area contributed by atoms with Crippen LogP contribution in [0.25, 0.3) is 11.2 Å². The van der Waals surface area contributed by atoms with E-state index in [1.807, 2.05) is 0 Å². The molecule has 1 aliphatic rings. The number of H-pyrrole nitrogens is 1. The summed E-state index contributed by atoms with van der Waals surface area (Å²) in [7, 11) is 0. The normalized spacial score (nSPS) is 19.9. The van der Waals surface area contributed by atoms with Gasteiger partial charge >= 0.3 is 0 Å². The summed E-state index contributed by atoms with van der Waals surface area (Å²) in [5.41, 5.74) is 7.00. The van der Waals surface area contributed by atoms with Gasteiger partial charge in [-0.25, -0.2) is 18.7 Å². The summed E-state index contributed by atoms with van der Waals surface area (Å²) in [5, 5.41) is 6.62. The highest BCUT2D eigenvalue weighted by atomic mass is 19.3. The number of hydrogen-bond donors (Lipinski definition) is 2. The second-order valence-corrected chi connectivity index (χ2v) is 4.07. The molecule has 0 bridgehead atoms. The molecule has 0 spiro atoms. The number of nitrogens with two attached hydrogens (primary N) is 1. The van der Waals surface area contributed by atoms with Crippen LogP contribution in [0.15, 0.2) is 6.20 Å². The maximum absolute atomic E-state index is 12.8. The quantitative estimate of drug-likeness (QED) is 0.769. The van der Waals surface area contributed by atoms with Crippen LogP contribution in [-0.4, -0.2) is 26.1 Å². The molecule has 16 heavy (non-hydrogen) atoms. The van der Waals surface area contributed by atoms with Gasteiger partial charge in [-0.05, 0) is 0 Å². The molecule has 84 valence electrons. The Balaban J connectivity index is 2.00. The van der Waals surface area contributed by atoms with Crippen molar-refractivity contribution in [3.63, 3.8) is 0 Å². The first-order chi connectivity index (χ1) is 7.55. The lowest BCUT2D eigenvalue weighted by Crippen LogP contribution is -2.34. The first-order valence-corrected chi connectivity index (χ1v) is 4.89. The van der Waals surface area contributed by atoms with Gasteiger partial charge in [0.05, 0.1) is 11.9 Å². The number of halogens is 2. The van der Waals surface area contributed by atoms with E-state index in [-0.39, 0.29) is 24.6 Å². The number of nitrogens with zero attached hydrogens (tertiary/aromatic N) is 3. The molecule has 2 aromatic heterocycles. The zero-order chi connectivity index (χ0) is 11.3. The second kappa shape index (κ2) is 2.87. The molecule has 0 saturated heterocycles. The van der Waals surface area contributed by atoms with Gasteiger partial charge in [0.15, 0.2) is 0 Å². The molecule has 3 N–H and O–H groups in total. The highest BCUT2D eigenvalue weighted by molar-refractivity contribution is 5.74. The van der Waals surface area contributed by atoms with Crippen LogP contribution in [0.5, 0.6) is 0 Å². The van der Waals surface area contributed by atoms with Crippen molar-refractivity contribution in [2.24, 2.45) is 0 Å². The highest BCUT2D eigenvalue weighted by Crippen LogP contribution is 2.48. The van der Waals surface area contributed by atoms with Crippen LogP contribution >= 0.6 is 0 Å². The monoisotopic (exact) mass is 225 g/mol. The minimum absolute atomic E-state index is 0.156. The van der Waals surface area contributed by atoms with E-state index in [1.165, 1.54) is 6.20 Å². The Hall–Kier alpha value is -1.79. The molecule has 1 fully saturated rings. The summed E-state index contributed by atoms with van der Waals surface area (Å²) in [4.78, 5) is 8.02. The first-order valence-electron chi connectivity index (χ1n) is 4.89. The van der Waals surface area contributed by atoms with E-state index < -0.39 is 5.92 Å². The standard InChI is InChI=1S/C9H9F2N5/c10-9(11)1-4(2-9)6-7-8(16-15-6)14-5(12)3-13-7/h3-4H,1-2H2,(H3,12,14,15,16). The minimum atomic E-state index is -2.55. The van der Waals surface area contributed by atoms with E-state index in [9.17, 15) is 8.78 Å². The van der Waals surface area contributed by atoms with Gasteiger partial charge in [0.2, 0.25) is 11.6 Å². The molecule has 1 aliphatic carbocycles. The molecular weight excluding hydrogens is 216 g/mol. The molecular formula is C9H9F2N5. The summed E-state index contributed by atoms with van der Waals surface area (Å²) in [6, 6.07) is 0. The number of anilines is 1. The average Bonchev–Trinajstić information content (AvgIpc) is 2.56. The molecule has 2 heterocycles. The molecule has 0 unspecified atom stereocenters. The Morgan fingerprint density at radius 1 is 1.44 bits per heavy atom. The first kappa shape index (κ1) is 9.44. The lowest BCUT2D eigenvalue weighted by Gasteiger charge is -2.33. The number of nitrogen functional groups attached to an aromatic ring is 1. The Morgan fingerprint density at radius 2 is 2.19 bits per heavy atom. The number of fused-ring (bicyclic) bond motifs is 1. The van der Waals surface area contributed by atoms with E-state index in [2.05, 4.69) is 20.2 Å². The number of nitrogens with one attached hydrogen (secondary N) is 1. The molecule has 0 aliphatic heterocycles. The van der Waals surface area contributed by atoms with Crippen molar-refractivity contribution in [2.75, 3.05) is 5.73 Å². The van der Waals surface area contributed by atoms with Crippen LogP contribution in [0.2, 0.25) is 0 Å². The summed E-state index contributed by atoms with van der Waals surface area (Å²) < 4.78 is 25.5. The Labute approximate surface area is 89.1 Å². The van der Waals surface area contributed by atoms with E-state index in [0.29, 0.717) is 16.9 Å². The number of hydrogen-bond acceptors (Lipinski definition) is 4. The fraction of sp³-hybridized carbons (Fsp3) is 0.444. The van der Waals surface area contributed by atoms with Crippen molar-refractivity contribution in [1.29, 1.82) is 0 Å².